The zero-order valence-corrected chi connectivity index (χ0v) is 15.7. The normalized spacial score (nSPS) is 10.5. The average molecular weight is 367 g/mol. The van der Waals surface area contributed by atoms with E-state index >= 15 is 0 Å². The fourth-order valence-corrected chi connectivity index (χ4v) is 3.14. The first-order valence-electron chi connectivity index (χ1n) is 8.41. The third kappa shape index (κ3) is 4.89. The molecule has 0 N–H and O–H groups in total. The van der Waals surface area contributed by atoms with Crippen molar-refractivity contribution < 1.29 is 9.53 Å². The standard InChI is InChI=1S/C20H21N3O2S/c1-15-6-8-17(9-7-15)25-12-11-23(2)19(24)13-16-14-26-20(22-16)18-5-3-4-10-21-18/h3-10,14H,11-13H2,1-2H3. The molecule has 0 radical (unpaired) electrons. The molecule has 0 saturated carbocycles. The molecule has 134 valence electrons. The van der Waals surface area contributed by atoms with E-state index in [1.165, 1.54) is 16.9 Å². The summed E-state index contributed by atoms with van der Waals surface area (Å²) >= 11 is 1.50. The van der Waals surface area contributed by atoms with Gasteiger partial charge in [0, 0.05) is 18.6 Å². The van der Waals surface area contributed by atoms with Crippen LogP contribution in [-0.4, -0.2) is 41.0 Å². The highest BCUT2D eigenvalue weighted by atomic mass is 32.1. The first-order valence-corrected chi connectivity index (χ1v) is 9.29. The number of hydrogen-bond donors (Lipinski definition) is 0. The van der Waals surface area contributed by atoms with Gasteiger partial charge in [-0.3, -0.25) is 9.78 Å². The fraction of sp³-hybridized carbons (Fsp3) is 0.250. The number of carbonyl (C=O) groups is 1. The van der Waals surface area contributed by atoms with Crippen molar-refractivity contribution in [2.45, 2.75) is 13.3 Å². The summed E-state index contributed by atoms with van der Waals surface area (Å²) in [5.41, 5.74) is 2.79. The highest BCUT2D eigenvalue weighted by molar-refractivity contribution is 7.13. The van der Waals surface area contributed by atoms with E-state index in [9.17, 15) is 4.79 Å². The maximum atomic E-state index is 12.4. The van der Waals surface area contributed by atoms with Gasteiger partial charge in [0.1, 0.15) is 17.4 Å². The van der Waals surface area contributed by atoms with Gasteiger partial charge in [0.2, 0.25) is 5.91 Å². The van der Waals surface area contributed by atoms with Gasteiger partial charge in [-0.25, -0.2) is 4.98 Å². The summed E-state index contributed by atoms with van der Waals surface area (Å²) in [5, 5.41) is 2.75. The molecule has 0 fully saturated rings. The molecular weight excluding hydrogens is 346 g/mol. The molecule has 0 aliphatic heterocycles. The molecule has 1 aromatic carbocycles. The van der Waals surface area contributed by atoms with Crippen LogP contribution in [0.3, 0.4) is 0 Å². The molecule has 3 aromatic rings. The highest BCUT2D eigenvalue weighted by Crippen LogP contribution is 2.21. The minimum atomic E-state index is 0.0235. The zero-order valence-electron chi connectivity index (χ0n) is 14.9. The summed E-state index contributed by atoms with van der Waals surface area (Å²) in [4.78, 5) is 22.8. The van der Waals surface area contributed by atoms with Crippen molar-refractivity contribution in [2.75, 3.05) is 20.2 Å². The molecule has 0 bridgehead atoms. The number of nitrogens with zero attached hydrogens (tertiary/aromatic N) is 3. The van der Waals surface area contributed by atoms with Gasteiger partial charge in [0.05, 0.1) is 24.4 Å². The Labute approximate surface area is 157 Å². The van der Waals surface area contributed by atoms with Gasteiger partial charge in [-0.1, -0.05) is 23.8 Å². The maximum absolute atomic E-state index is 12.4. The Bertz CT molecular complexity index is 847. The zero-order chi connectivity index (χ0) is 18.4. The van der Waals surface area contributed by atoms with E-state index in [1.807, 2.05) is 54.8 Å². The van der Waals surface area contributed by atoms with Crippen LogP contribution in [0.15, 0.2) is 54.0 Å². The molecule has 0 aliphatic carbocycles. The van der Waals surface area contributed by atoms with Crippen LogP contribution in [-0.2, 0) is 11.2 Å². The lowest BCUT2D eigenvalue weighted by Gasteiger charge is -2.17. The Balaban J connectivity index is 1.48. The maximum Gasteiger partial charge on any atom is 0.228 e. The third-order valence-corrected chi connectivity index (χ3v) is 4.82. The van der Waals surface area contributed by atoms with Crippen LogP contribution in [0.5, 0.6) is 5.75 Å². The van der Waals surface area contributed by atoms with Crippen LogP contribution < -0.4 is 4.74 Å². The van der Waals surface area contributed by atoms with Crippen molar-refractivity contribution in [2.24, 2.45) is 0 Å². The molecule has 0 aliphatic rings. The van der Waals surface area contributed by atoms with E-state index < -0.39 is 0 Å². The lowest BCUT2D eigenvalue weighted by atomic mass is 10.2. The molecule has 5 nitrogen and oxygen atoms in total. The lowest BCUT2D eigenvalue weighted by Crippen LogP contribution is -2.32. The molecule has 6 heteroatoms. The fourth-order valence-electron chi connectivity index (χ4n) is 2.34. The molecule has 26 heavy (non-hydrogen) atoms. The van der Waals surface area contributed by atoms with Crippen molar-refractivity contribution in [1.82, 2.24) is 14.9 Å². The smallest absolute Gasteiger partial charge is 0.228 e. The molecule has 0 unspecified atom stereocenters. The second-order valence-electron chi connectivity index (χ2n) is 6.01. The van der Waals surface area contributed by atoms with Gasteiger partial charge in [-0.15, -0.1) is 11.3 Å². The Kier molecular flexibility index (Phi) is 5.96. The monoisotopic (exact) mass is 367 g/mol. The molecule has 0 atom stereocenters. The first-order chi connectivity index (χ1) is 12.6. The predicted octanol–water partition coefficient (Wildman–Crippen LogP) is 3.59. The SMILES string of the molecule is Cc1ccc(OCCN(C)C(=O)Cc2csc(-c3ccccn3)n2)cc1. The van der Waals surface area contributed by atoms with Crippen LogP contribution in [0.1, 0.15) is 11.3 Å². The topological polar surface area (TPSA) is 55.3 Å². The molecule has 0 saturated heterocycles. The van der Waals surface area contributed by atoms with Gasteiger partial charge in [-0.2, -0.15) is 0 Å². The molecular formula is C20H21N3O2S. The summed E-state index contributed by atoms with van der Waals surface area (Å²) in [6.07, 6.45) is 2.02. The van der Waals surface area contributed by atoms with Crippen LogP contribution in [0.2, 0.25) is 0 Å². The number of ether oxygens (including phenoxy) is 1. The Morgan fingerprint density at radius 1 is 1.19 bits per heavy atom. The number of aryl methyl sites for hydroxylation is 1. The predicted molar refractivity (Wildman–Crippen MR) is 103 cm³/mol. The minimum Gasteiger partial charge on any atom is -0.492 e. The number of hydrogen-bond acceptors (Lipinski definition) is 5. The lowest BCUT2D eigenvalue weighted by molar-refractivity contribution is -0.129. The van der Waals surface area contributed by atoms with E-state index in [1.54, 1.807) is 18.1 Å². The van der Waals surface area contributed by atoms with Gasteiger partial charge >= 0.3 is 0 Å². The van der Waals surface area contributed by atoms with Crippen LogP contribution >= 0.6 is 11.3 Å². The van der Waals surface area contributed by atoms with Gasteiger partial charge in [0.15, 0.2) is 0 Å². The number of aromatic nitrogens is 2. The quantitative estimate of drug-likeness (QED) is 0.640. The summed E-state index contributed by atoms with van der Waals surface area (Å²) in [7, 11) is 1.78. The van der Waals surface area contributed by atoms with Gasteiger partial charge < -0.3 is 9.64 Å². The summed E-state index contributed by atoms with van der Waals surface area (Å²) in [6, 6.07) is 13.6. The van der Waals surface area contributed by atoms with Crippen molar-refractivity contribution in [3.63, 3.8) is 0 Å². The van der Waals surface area contributed by atoms with E-state index in [0.29, 0.717) is 13.2 Å². The van der Waals surface area contributed by atoms with Crippen LogP contribution in [0.25, 0.3) is 10.7 Å². The second-order valence-corrected chi connectivity index (χ2v) is 6.87. The van der Waals surface area contributed by atoms with E-state index in [-0.39, 0.29) is 12.3 Å². The summed E-state index contributed by atoms with van der Waals surface area (Å²) < 4.78 is 5.68. The van der Waals surface area contributed by atoms with Crippen LogP contribution in [0, 0.1) is 6.92 Å². The summed E-state index contributed by atoms with van der Waals surface area (Å²) in [5.74, 6) is 0.839. The van der Waals surface area contributed by atoms with Gasteiger partial charge in [-0.05, 0) is 31.2 Å². The first kappa shape index (κ1) is 18.1. The number of benzene rings is 1. The number of carbonyl (C=O) groups excluding carboxylic acids is 1. The average Bonchev–Trinajstić information content (AvgIpc) is 3.12. The summed E-state index contributed by atoms with van der Waals surface area (Å²) in [6.45, 7) is 3.03. The van der Waals surface area contributed by atoms with E-state index in [0.717, 1.165) is 22.1 Å². The van der Waals surface area contributed by atoms with E-state index in [2.05, 4.69) is 9.97 Å². The highest BCUT2D eigenvalue weighted by Gasteiger charge is 2.13. The molecule has 1 amide bonds. The molecule has 3 rings (SSSR count). The van der Waals surface area contributed by atoms with E-state index in [4.69, 9.17) is 4.74 Å². The molecule has 2 heterocycles. The van der Waals surface area contributed by atoms with Crippen molar-refractivity contribution in [3.05, 3.63) is 65.3 Å². The minimum absolute atomic E-state index is 0.0235. The number of pyridine rings is 1. The molecule has 0 spiro atoms. The third-order valence-electron chi connectivity index (χ3n) is 3.91. The number of amides is 1. The second kappa shape index (κ2) is 8.58. The van der Waals surface area contributed by atoms with Gasteiger partial charge in [0.25, 0.3) is 0 Å². The molecule has 2 aromatic heterocycles. The number of likely N-dealkylation sites (N-methyl/N-ethyl adjacent to an activating group) is 1. The Morgan fingerprint density at radius 3 is 2.73 bits per heavy atom. The van der Waals surface area contributed by atoms with Crippen molar-refractivity contribution >= 4 is 17.2 Å². The van der Waals surface area contributed by atoms with Crippen molar-refractivity contribution in [1.29, 1.82) is 0 Å². The van der Waals surface area contributed by atoms with Crippen molar-refractivity contribution in [3.8, 4) is 16.5 Å². The number of rotatable bonds is 7. The number of thiazole rings is 1. The largest absolute Gasteiger partial charge is 0.492 e. The Hall–Kier alpha value is -2.73. The van der Waals surface area contributed by atoms with Crippen LogP contribution in [0.4, 0.5) is 0 Å². The Morgan fingerprint density at radius 2 is 2.00 bits per heavy atom.